The van der Waals surface area contributed by atoms with E-state index in [2.05, 4.69) is 35.9 Å². The number of ether oxygens (including phenoxy) is 2. The number of hydrogen-bond donors (Lipinski definition) is 1. The predicted octanol–water partition coefficient (Wildman–Crippen LogP) is 4.25. The van der Waals surface area contributed by atoms with Crippen molar-refractivity contribution in [1.82, 2.24) is 9.97 Å². The topological polar surface area (TPSA) is 47.1 Å². The summed E-state index contributed by atoms with van der Waals surface area (Å²) >= 11 is 0. The summed E-state index contributed by atoms with van der Waals surface area (Å²) in [7, 11) is 1.64. The minimum atomic E-state index is 0.596. The maximum Gasteiger partial charge on any atom is 0.161 e. The molecular formula is C18H20N2O2. The number of nitrogens with zero attached hydrogens (tertiary/aromatic N) is 1. The van der Waals surface area contributed by atoms with Gasteiger partial charge in [0.25, 0.3) is 0 Å². The first-order valence-electron chi connectivity index (χ1n) is 7.40. The first-order valence-corrected chi connectivity index (χ1v) is 7.40. The Morgan fingerprint density at radius 3 is 2.55 bits per heavy atom. The van der Waals surface area contributed by atoms with Crippen LogP contribution in [0.4, 0.5) is 0 Å². The van der Waals surface area contributed by atoms with E-state index in [4.69, 9.17) is 9.47 Å². The van der Waals surface area contributed by atoms with Crippen LogP contribution in [0.3, 0.4) is 0 Å². The third-order valence-corrected chi connectivity index (χ3v) is 3.83. The monoisotopic (exact) mass is 296 g/mol. The highest BCUT2D eigenvalue weighted by atomic mass is 16.5. The van der Waals surface area contributed by atoms with Crippen LogP contribution >= 0.6 is 0 Å². The molecular weight excluding hydrogens is 276 g/mol. The van der Waals surface area contributed by atoms with E-state index in [1.165, 1.54) is 11.1 Å². The number of aryl methyl sites for hydroxylation is 2. The molecule has 0 aliphatic carbocycles. The molecule has 0 spiro atoms. The van der Waals surface area contributed by atoms with Gasteiger partial charge in [0.05, 0.1) is 24.8 Å². The molecule has 4 nitrogen and oxygen atoms in total. The Kier molecular flexibility index (Phi) is 3.75. The van der Waals surface area contributed by atoms with Gasteiger partial charge >= 0.3 is 0 Å². The number of imidazole rings is 1. The van der Waals surface area contributed by atoms with Gasteiger partial charge in [-0.2, -0.15) is 0 Å². The second kappa shape index (κ2) is 5.72. The molecule has 1 aromatic heterocycles. The maximum atomic E-state index is 5.64. The molecule has 0 amide bonds. The molecule has 2 aromatic carbocycles. The van der Waals surface area contributed by atoms with Gasteiger partial charge in [-0.05, 0) is 62.2 Å². The Morgan fingerprint density at radius 1 is 1.05 bits per heavy atom. The zero-order valence-electron chi connectivity index (χ0n) is 13.4. The highest BCUT2D eigenvalue weighted by molar-refractivity contribution is 5.81. The number of aromatic amines is 1. The molecule has 1 N–H and O–H groups in total. The van der Waals surface area contributed by atoms with Crippen LogP contribution in [0.5, 0.6) is 11.5 Å². The largest absolute Gasteiger partial charge is 0.493 e. The van der Waals surface area contributed by atoms with Crippen molar-refractivity contribution in [2.75, 3.05) is 13.7 Å². The van der Waals surface area contributed by atoms with E-state index in [1.54, 1.807) is 7.11 Å². The first-order chi connectivity index (χ1) is 10.6. The molecule has 0 unspecified atom stereocenters. The summed E-state index contributed by atoms with van der Waals surface area (Å²) in [5, 5.41) is 0. The lowest BCUT2D eigenvalue weighted by Crippen LogP contribution is -1.95. The number of benzene rings is 2. The molecule has 4 heteroatoms. The standard InChI is InChI=1S/C18H20N2O2/c1-5-22-17-10-13(6-7-16(17)21-4)18-19-14-8-11(2)12(3)9-15(14)20-18/h6-10H,5H2,1-4H3,(H,19,20). The molecule has 114 valence electrons. The molecule has 1 heterocycles. The first kappa shape index (κ1) is 14.4. The molecule has 0 fully saturated rings. The fourth-order valence-corrected chi connectivity index (χ4v) is 2.50. The van der Waals surface area contributed by atoms with Crippen molar-refractivity contribution >= 4 is 11.0 Å². The van der Waals surface area contributed by atoms with Gasteiger partial charge in [-0.3, -0.25) is 0 Å². The van der Waals surface area contributed by atoms with E-state index in [0.29, 0.717) is 6.61 Å². The van der Waals surface area contributed by atoms with Gasteiger partial charge in [-0.25, -0.2) is 4.98 Å². The fraction of sp³-hybridized carbons (Fsp3) is 0.278. The fourth-order valence-electron chi connectivity index (χ4n) is 2.50. The van der Waals surface area contributed by atoms with Gasteiger partial charge in [-0.15, -0.1) is 0 Å². The lowest BCUT2D eigenvalue weighted by molar-refractivity contribution is 0.311. The van der Waals surface area contributed by atoms with Crippen molar-refractivity contribution in [3.8, 4) is 22.9 Å². The predicted molar refractivity (Wildman–Crippen MR) is 88.7 cm³/mol. The van der Waals surface area contributed by atoms with Crippen molar-refractivity contribution in [3.05, 3.63) is 41.5 Å². The van der Waals surface area contributed by atoms with Crippen LogP contribution in [-0.4, -0.2) is 23.7 Å². The number of fused-ring (bicyclic) bond motifs is 1. The smallest absolute Gasteiger partial charge is 0.161 e. The lowest BCUT2D eigenvalue weighted by Gasteiger charge is -2.10. The van der Waals surface area contributed by atoms with Crippen LogP contribution in [0.2, 0.25) is 0 Å². The molecule has 22 heavy (non-hydrogen) atoms. The maximum absolute atomic E-state index is 5.64. The number of aromatic nitrogens is 2. The van der Waals surface area contributed by atoms with Gasteiger partial charge in [-0.1, -0.05) is 0 Å². The summed E-state index contributed by atoms with van der Waals surface area (Å²) in [5.41, 5.74) is 5.51. The van der Waals surface area contributed by atoms with Crippen molar-refractivity contribution in [2.45, 2.75) is 20.8 Å². The highest BCUT2D eigenvalue weighted by Crippen LogP contribution is 2.32. The van der Waals surface area contributed by atoms with Gasteiger partial charge in [0.2, 0.25) is 0 Å². The van der Waals surface area contributed by atoms with E-state index in [0.717, 1.165) is 33.9 Å². The molecule has 0 aliphatic rings. The summed E-state index contributed by atoms with van der Waals surface area (Å²) < 4.78 is 11.0. The quantitative estimate of drug-likeness (QED) is 0.782. The molecule has 3 rings (SSSR count). The molecule has 0 saturated heterocycles. The summed E-state index contributed by atoms with van der Waals surface area (Å²) in [5.74, 6) is 2.30. The minimum absolute atomic E-state index is 0.596. The third-order valence-electron chi connectivity index (χ3n) is 3.83. The minimum Gasteiger partial charge on any atom is -0.493 e. The van der Waals surface area contributed by atoms with E-state index in [1.807, 2.05) is 25.1 Å². The van der Waals surface area contributed by atoms with Gasteiger partial charge in [0.15, 0.2) is 11.5 Å². The average Bonchev–Trinajstić information content (AvgIpc) is 2.91. The number of rotatable bonds is 4. The highest BCUT2D eigenvalue weighted by Gasteiger charge is 2.11. The van der Waals surface area contributed by atoms with E-state index in [-0.39, 0.29) is 0 Å². The second-order valence-electron chi connectivity index (χ2n) is 5.34. The molecule has 0 radical (unpaired) electrons. The Hall–Kier alpha value is -2.49. The Labute approximate surface area is 130 Å². The van der Waals surface area contributed by atoms with Gasteiger partial charge < -0.3 is 14.5 Å². The Bertz CT molecular complexity index is 782. The van der Waals surface area contributed by atoms with Gasteiger partial charge in [0, 0.05) is 5.56 Å². The van der Waals surface area contributed by atoms with Crippen LogP contribution in [0, 0.1) is 13.8 Å². The van der Waals surface area contributed by atoms with Gasteiger partial charge in [0.1, 0.15) is 5.82 Å². The van der Waals surface area contributed by atoms with E-state index < -0.39 is 0 Å². The number of methoxy groups -OCH3 is 1. The van der Waals surface area contributed by atoms with Crippen LogP contribution in [0.1, 0.15) is 18.1 Å². The van der Waals surface area contributed by atoms with Crippen LogP contribution < -0.4 is 9.47 Å². The van der Waals surface area contributed by atoms with Crippen molar-refractivity contribution in [1.29, 1.82) is 0 Å². The van der Waals surface area contributed by atoms with Crippen molar-refractivity contribution in [3.63, 3.8) is 0 Å². The van der Waals surface area contributed by atoms with E-state index in [9.17, 15) is 0 Å². The normalized spacial score (nSPS) is 10.9. The lowest BCUT2D eigenvalue weighted by atomic mass is 10.1. The summed E-state index contributed by atoms with van der Waals surface area (Å²) in [4.78, 5) is 8.07. The zero-order valence-corrected chi connectivity index (χ0v) is 13.4. The summed E-state index contributed by atoms with van der Waals surface area (Å²) in [6, 6.07) is 10.1. The number of H-pyrrole nitrogens is 1. The SMILES string of the molecule is CCOc1cc(-c2nc3cc(C)c(C)cc3[nH]2)ccc1OC. The molecule has 0 bridgehead atoms. The Morgan fingerprint density at radius 2 is 1.82 bits per heavy atom. The molecule has 0 saturated carbocycles. The average molecular weight is 296 g/mol. The van der Waals surface area contributed by atoms with Crippen LogP contribution in [0.25, 0.3) is 22.4 Å². The van der Waals surface area contributed by atoms with Crippen molar-refractivity contribution < 1.29 is 9.47 Å². The molecule has 3 aromatic rings. The molecule has 0 atom stereocenters. The number of hydrogen-bond acceptors (Lipinski definition) is 3. The summed E-state index contributed by atoms with van der Waals surface area (Å²) in [6.45, 7) is 6.76. The molecule has 0 aliphatic heterocycles. The zero-order chi connectivity index (χ0) is 15.7. The van der Waals surface area contributed by atoms with E-state index >= 15 is 0 Å². The van der Waals surface area contributed by atoms with Crippen LogP contribution in [0.15, 0.2) is 30.3 Å². The van der Waals surface area contributed by atoms with Crippen LogP contribution in [-0.2, 0) is 0 Å². The number of nitrogens with one attached hydrogen (secondary N) is 1. The second-order valence-corrected chi connectivity index (χ2v) is 5.34. The summed E-state index contributed by atoms with van der Waals surface area (Å²) in [6.07, 6.45) is 0. The Balaban J connectivity index is 2.08. The van der Waals surface area contributed by atoms with Crippen molar-refractivity contribution in [2.24, 2.45) is 0 Å². The third kappa shape index (κ3) is 2.52.